The van der Waals surface area contributed by atoms with E-state index in [0.717, 1.165) is 6.92 Å². The molecule has 4 atom stereocenters. The Balaban J connectivity index is 2.47. The summed E-state index contributed by atoms with van der Waals surface area (Å²) in [5, 5.41) is 44.7. The molecule has 0 spiro atoms. The standard InChI is InChI=1S/C13H19BrN2O7/c1-11(21,6-17)8(18)13-10(20)15-12(22,9(19)16-13)7(2-4-14)3-5-23-13/h2,8,17-18,21-22H,3-6H2,1H3,(H,15,20)(H,16,19)/b7-2+/t8-,11+,12-,13+/m1/s1. The van der Waals surface area contributed by atoms with Crippen molar-refractivity contribution in [2.45, 2.75) is 36.5 Å². The summed E-state index contributed by atoms with van der Waals surface area (Å²) < 4.78 is 5.38. The van der Waals surface area contributed by atoms with Crippen LogP contribution in [0.5, 0.6) is 0 Å². The molecule has 0 unspecified atom stereocenters. The number of aliphatic hydroxyl groups excluding tert-OH is 2. The summed E-state index contributed by atoms with van der Waals surface area (Å²) in [5.74, 6) is -2.03. The number of allylic oxidation sites excluding steroid dienone is 1. The number of aliphatic hydroxyl groups is 4. The van der Waals surface area contributed by atoms with Gasteiger partial charge in [0.1, 0.15) is 11.7 Å². The van der Waals surface area contributed by atoms with E-state index in [0.29, 0.717) is 5.33 Å². The Hall–Kier alpha value is -1.04. The van der Waals surface area contributed by atoms with Crippen molar-refractivity contribution in [1.82, 2.24) is 10.6 Å². The summed E-state index contributed by atoms with van der Waals surface area (Å²) in [5.41, 5.74) is -6.46. The molecule has 0 radical (unpaired) electrons. The van der Waals surface area contributed by atoms with Crippen molar-refractivity contribution in [2.75, 3.05) is 18.5 Å². The minimum atomic E-state index is -2.31. The molecule has 0 saturated carbocycles. The Morgan fingerprint density at radius 3 is 2.65 bits per heavy atom. The van der Waals surface area contributed by atoms with Gasteiger partial charge in [-0.2, -0.15) is 0 Å². The summed E-state index contributed by atoms with van der Waals surface area (Å²) in [6, 6.07) is 0. The number of amides is 2. The molecule has 130 valence electrons. The van der Waals surface area contributed by atoms with E-state index in [1.165, 1.54) is 6.08 Å². The normalized spacial score (nSPS) is 36.7. The van der Waals surface area contributed by atoms with Gasteiger partial charge in [-0.05, 0) is 18.9 Å². The number of halogens is 1. The minimum absolute atomic E-state index is 0.104. The van der Waals surface area contributed by atoms with Crippen LogP contribution in [-0.2, 0) is 14.3 Å². The second kappa shape index (κ2) is 6.11. The zero-order valence-electron chi connectivity index (χ0n) is 12.4. The van der Waals surface area contributed by atoms with E-state index in [-0.39, 0.29) is 18.6 Å². The monoisotopic (exact) mass is 394 g/mol. The highest BCUT2D eigenvalue weighted by molar-refractivity contribution is 9.09. The third kappa shape index (κ3) is 2.79. The summed E-state index contributed by atoms with van der Waals surface area (Å²) in [6.07, 6.45) is -0.317. The van der Waals surface area contributed by atoms with Crippen LogP contribution in [0, 0.1) is 0 Å². The number of ether oxygens (including phenoxy) is 1. The van der Waals surface area contributed by atoms with Gasteiger partial charge in [-0.25, -0.2) is 0 Å². The highest BCUT2D eigenvalue weighted by Crippen LogP contribution is 2.33. The molecule has 0 aromatic rings. The molecule has 3 aliphatic heterocycles. The zero-order chi connectivity index (χ0) is 17.5. The summed E-state index contributed by atoms with van der Waals surface area (Å²) >= 11 is 3.15. The van der Waals surface area contributed by atoms with Gasteiger partial charge in [-0.3, -0.25) is 9.59 Å². The highest BCUT2D eigenvalue weighted by Gasteiger charge is 2.63. The van der Waals surface area contributed by atoms with Crippen molar-refractivity contribution < 1.29 is 34.8 Å². The third-order valence-electron chi connectivity index (χ3n) is 4.04. The van der Waals surface area contributed by atoms with Crippen molar-refractivity contribution >= 4 is 27.7 Å². The number of carbonyl (C=O) groups excluding carboxylic acids is 2. The van der Waals surface area contributed by atoms with E-state index < -0.39 is 41.6 Å². The highest BCUT2D eigenvalue weighted by atomic mass is 79.9. The average Bonchev–Trinajstić information content (AvgIpc) is 2.49. The van der Waals surface area contributed by atoms with E-state index in [2.05, 4.69) is 26.6 Å². The SMILES string of the molecule is C[C@](O)(CO)[C@@H](O)[C@@]12NC(=O)[C@@](O)(NC1=O)/C(=C/CBr)CCO2. The minimum Gasteiger partial charge on any atom is -0.393 e. The molecule has 3 aliphatic rings. The molecule has 2 amide bonds. The van der Waals surface area contributed by atoms with E-state index in [4.69, 9.17) is 4.74 Å². The van der Waals surface area contributed by atoms with Crippen molar-refractivity contribution in [3.05, 3.63) is 11.6 Å². The first-order valence-corrected chi connectivity index (χ1v) is 8.04. The Kier molecular flexibility index (Phi) is 4.86. The smallest absolute Gasteiger partial charge is 0.280 e. The number of hydrogen-bond donors (Lipinski definition) is 6. The van der Waals surface area contributed by atoms with Crippen molar-refractivity contribution in [2.24, 2.45) is 0 Å². The lowest BCUT2D eigenvalue weighted by molar-refractivity contribution is -0.230. The first-order valence-electron chi connectivity index (χ1n) is 6.92. The van der Waals surface area contributed by atoms with Crippen LogP contribution < -0.4 is 10.6 Å². The van der Waals surface area contributed by atoms with Gasteiger partial charge in [0.05, 0.1) is 13.2 Å². The zero-order valence-corrected chi connectivity index (χ0v) is 14.0. The molecule has 6 N–H and O–H groups in total. The molecular formula is C13H19BrN2O7. The van der Waals surface area contributed by atoms with Crippen LogP contribution in [0.4, 0.5) is 0 Å². The largest absolute Gasteiger partial charge is 0.393 e. The Morgan fingerprint density at radius 1 is 1.43 bits per heavy atom. The van der Waals surface area contributed by atoms with Crippen molar-refractivity contribution in [3.63, 3.8) is 0 Å². The number of hydrogen-bond acceptors (Lipinski definition) is 7. The lowest BCUT2D eigenvalue weighted by atomic mass is 9.84. The fourth-order valence-electron chi connectivity index (χ4n) is 2.60. The van der Waals surface area contributed by atoms with E-state index in [1.807, 2.05) is 0 Å². The fourth-order valence-corrected chi connectivity index (χ4v) is 2.99. The van der Waals surface area contributed by atoms with E-state index in [9.17, 15) is 30.0 Å². The Labute approximate surface area is 140 Å². The number of alkyl halides is 1. The molecule has 2 bridgehead atoms. The van der Waals surface area contributed by atoms with Crippen LogP contribution in [0.1, 0.15) is 13.3 Å². The van der Waals surface area contributed by atoms with Crippen molar-refractivity contribution in [3.8, 4) is 0 Å². The van der Waals surface area contributed by atoms with Crippen LogP contribution in [0.15, 0.2) is 11.6 Å². The molecule has 3 rings (SSSR count). The van der Waals surface area contributed by atoms with E-state index in [1.54, 1.807) is 0 Å². The number of rotatable bonds is 4. The second-order valence-electron chi connectivity index (χ2n) is 5.75. The van der Waals surface area contributed by atoms with Crippen LogP contribution in [-0.4, -0.2) is 73.9 Å². The molecule has 0 aromatic carbocycles. The summed E-state index contributed by atoms with van der Waals surface area (Å²) in [7, 11) is 0. The Morgan fingerprint density at radius 2 is 2.09 bits per heavy atom. The topological polar surface area (TPSA) is 148 Å². The predicted octanol–water partition coefficient (Wildman–Crippen LogP) is -2.54. The molecule has 3 fully saturated rings. The lowest BCUT2D eigenvalue weighted by Gasteiger charge is -2.50. The first kappa shape index (κ1) is 18.3. The first-order chi connectivity index (χ1) is 10.6. The molecule has 23 heavy (non-hydrogen) atoms. The van der Waals surface area contributed by atoms with Crippen LogP contribution in [0.2, 0.25) is 0 Å². The molecule has 3 saturated heterocycles. The van der Waals surface area contributed by atoms with E-state index >= 15 is 0 Å². The van der Waals surface area contributed by atoms with Gasteiger partial charge in [0, 0.05) is 5.33 Å². The maximum absolute atomic E-state index is 12.5. The maximum atomic E-state index is 12.5. The van der Waals surface area contributed by atoms with Crippen molar-refractivity contribution in [1.29, 1.82) is 0 Å². The van der Waals surface area contributed by atoms with Gasteiger partial charge < -0.3 is 35.8 Å². The second-order valence-corrected chi connectivity index (χ2v) is 6.40. The molecular weight excluding hydrogens is 376 g/mol. The maximum Gasteiger partial charge on any atom is 0.280 e. The molecule has 0 aromatic heterocycles. The summed E-state index contributed by atoms with van der Waals surface area (Å²) in [6.45, 7) is 0.111. The third-order valence-corrected chi connectivity index (χ3v) is 4.37. The van der Waals surface area contributed by atoms with Gasteiger partial charge in [0.2, 0.25) is 5.72 Å². The fraction of sp³-hybridized carbons (Fsp3) is 0.692. The quantitative estimate of drug-likeness (QED) is 0.227. The van der Waals surface area contributed by atoms with Crippen LogP contribution in [0.25, 0.3) is 0 Å². The van der Waals surface area contributed by atoms with Gasteiger partial charge in [-0.15, -0.1) is 0 Å². The number of nitrogens with one attached hydrogen (secondary N) is 2. The van der Waals surface area contributed by atoms with Gasteiger partial charge >= 0.3 is 0 Å². The van der Waals surface area contributed by atoms with Gasteiger partial charge in [0.15, 0.2) is 0 Å². The lowest BCUT2D eigenvalue weighted by Crippen LogP contribution is -2.82. The van der Waals surface area contributed by atoms with Crippen LogP contribution in [0.3, 0.4) is 0 Å². The predicted molar refractivity (Wildman–Crippen MR) is 80.1 cm³/mol. The molecule has 10 heteroatoms. The molecule has 0 aliphatic carbocycles. The Bertz CT molecular complexity index is 552. The molecule has 9 nitrogen and oxygen atoms in total. The van der Waals surface area contributed by atoms with Gasteiger partial charge in [0.25, 0.3) is 17.5 Å². The summed E-state index contributed by atoms with van der Waals surface area (Å²) in [4.78, 5) is 24.8. The van der Waals surface area contributed by atoms with Gasteiger partial charge in [-0.1, -0.05) is 22.0 Å². The average molecular weight is 395 g/mol. The number of piperazine rings is 1. The van der Waals surface area contributed by atoms with Crippen LogP contribution >= 0.6 is 15.9 Å². The number of fused-ring (bicyclic) bond motifs is 5. The molecule has 3 heterocycles. The number of carbonyl (C=O) groups is 2.